The van der Waals surface area contributed by atoms with E-state index in [0.29, 0.717) is 31.6 Å². The molecule has 0 unspecified atom stereocenters. The van der Waals surface area contributed by atoms with Gasteiger partial charge in [-0.3, -0.25) is 0 Å². The first-order valence-corrected chi connectivity index (χ1v) is 11.6. The Morgan fingerprint density at radius 2 is 2.16 bits per heavy atom. The Labute approximate surface area is 195 Å². The van der Waals surface area contributed by atoms with Crippen LogP contribution in [-0.2, 0) is 16.6 Å². The van der Waals surface area contributed by atoms with Crippen molar-refractivity contribution in [3.8, 4) is 11.5 Å². The van der Waals surface area contributed by atoms with E-state index in [0.717, 1.165) is 23.3 Å². The van der Waals surface area contributed by atoms with E-state index in [2.05, 4.69) is 5.32 Å². The summed E-state index contributed by atoms with van der Waals surface area (Å²) in [4.78, 5) is 14.5. The van der Waals surface area contributed by atoms with Gasteiger partial charge in [0.05, 0.1) is 24.2 Å². The minimum absolute atomic E-state index is 0.0758. The number of aliphatic hydroxyl groups is 1. The molecule has 2 bridgehead atoms. The standard InChI is InChI=1S/C21H25Cl3N2O5/c1-25-12-5-6-20(28)14-9-11-3-4-13(29-2)16-15(11)19(20,17(12)31-16)7-8-26(14)18(27)30-10-21(22,23)24/h3-4,12,14,17,25,28H,5-10H2,1-2H3/t12-,14-,17+,19+,20-/m1/s1. The number of nitrogens with zero attached hydrogens (tertiary/aromatic N) is 1. The maximum absolute atomic E-state index is 12.9. The third kappa shape index (κ3) is 2.90. The second-order valence-electron chi connectivity index (χ2n) is 8.83. The minimum atomic E-state index is -1.69. The number of halogens is 3. The molecule has 5 rings (SSSR count). The predicted molar refractivity (Wildman–Crippen MR) is 117 cm³/mol. The Morgan fingerprint density at radius 1 is 1.39 bits per heavy atom. The molecule has 4 aliphatic rings. The van der Waals surface area contributed by atoms with Crippen LogP contribution in [0.5, 0.6) is 11.5 Å². The molecule has 2 aliphatic heterocycles. The lowest BCUT2D eigenvalue weighted by Crippen LogP contribution is -2.78. The van der Waals surface area contributed by atoms with E-state index >= 15 is 0 Å². The third-order valence-electron chi connectivity index (χ3n) is 7.63. The van der Waals surface area contributed by atoms with E-state index in [4.69, 9.17) is 49.0 Å². The van der Waals surface area contributed by atoms with Gasteiger partial charge in [-0.05, 0) is 44.4 Å². The van der Waals surface area contributed by atoms with Gasteiger partial charge in [0.1, 0.15) is 12.7 Å². The Kier molecular flexibility index (Phi) is 5.03. The summed E-state index contributed by atoms with van der Waals surface area (Å²) in [6, 6.07) is 3.52. The van der Waals surface area contributed by atoms with Gasteiger partial charge in [-0.25, -0.2) is 4.79 Å². The van der Waals surface area contributed by atoms with Crippen LogP contribution in [0.2, 0.25) is 0 Å². The number of ether oxygens (including phenoxy) is 3. The molecule has 2 heterocycles. The van der Waals surface area contributed by atoms with Gasteiger partial charge in [0.25, 0.3) is 0 Å². The predicted octanol–water partition coefficient (Wildman–Crippen LogP) is 2.94. The van der Waals surface area contributed by atoms with Crippen molar-refractivity contribution in [2.45, 2.75) is 58.7 Å². The number of carbonyl (C=O) groups excluding carboxylic acids is 1. The summed E-state index contributed by atoms with van der Waals surface area (Å²) in [6.07, 6.45) is 1.45. The summed E-state index contributed by atoms with van der Waals surface area (Å²) < 4.78 is 15.7. The molecule has 7 nitrogen and oxygen atoms in total. The number of nitrogens with one attached hydrogen (secondary N) is 1. The highest BCUT2D eigenvalue weighted by Crippen LogP contribution is 2.65. The van der Waals surface area contributed by atoms with Gasteiger partial charge in [0.15, 0.2) is 11.5 Å². The molecule has 31 heavy (non-hydrogen) atoms. The lowest BCUT2D eigenvalue weighted by Gasteiger charge is -2.63. The molecule has 1 saturated heterocycles. The van der Waals surface area contributed by atoms with Crippen molar-refractivity contribution >= 4 is 40.9 Å². The molecule has 170 valence electrons. The number of amides is 1. The van der Waals surface area contributed by atoms with E-state index in [-0.39, 0.29) is 18.8 Å². The number of alkyl halides is 3. The minimum Gasteiger partial charge on any atom is -0.493 e. The second-order valence-corrected chi connectivity index (χ2v) is 11.3. The van der Waals surface area contributed by atoms with Gasteiger partial charge in [-0.15, -0.1) is 0 Å². The number of likely N-dealkylation sites (N-methyl/N-ethyl adjacent to an activating group) is 1. The van der Waals surface area contributed by atoms with Gasteiger partial charge in [-0.2, -0.15) is 0 Å². The van der Waals surface area contributed by atoms with Crippen molar-refractivity contribution in [3.05, 3.63) is 23.3 Å². The maximum atomic E-state index is 12.9. The Bertz CT molecular complexity index is 925. The topological polar surface area (TPSA) is 80.3 Å². The van der Waals surface area contributed by atoms with Crippen LogP contribution in [0.4, 0.5) is 4.79 Å². The Morgan fingerprint density at radius 3 is 2.84 bits per heavy atom. The summed E-state index contributed by atoms with van der Waals surface area (Å²) in [5.41, 5.74) is 0.299. The number of methoxy groups -OCH3 is 1. The summed E-state index contributed by atoms with van der Waals surface area (Å²) in [7, 11) is 3.54. The molecule has 1 aromatic carbocycles. The van der Waals surface area contributed by atoms with Crippen LogP contribution in [-0.4, -0.2) is 71.0 Å². The van der Waals surface area contributed by atoms with Crippen molar-refractivity contribution in [1.82, 2.24) is 10.2 Å². The second kappa shape index (κ2) is 7.19. The molecule has 1 saturated carbocycles. The normalized spacial score (nSPS) is 35.3. The third-order valence-corrected chi connectivity index (χ3v) is 7.96. The van der Waals surface area contributed by atoms with E-state index in [1.807, 2.05) is 19.2 Å². The molecule has 2 fully saturated rings. The molecule has 10 heteroatoms. The monoisotopic (exact) mass is 490 g/mol. The number of hydrogen-bond acceptors (Lipinski definition) is 6. The zero-order valence-electron chi connectivity index (χ0n) is 17.3. The molecule has 0 aromatic heterocycles. The lowest BCUT2D eigenvalue weighted by atomic mass is 9.48. The maximum Gasteiger partial charge on any atom is 0.410 e. The summed E-state index contributed by atoms with van der Waals surface area (Å²) >= 11 is 17.3. The van der Waals surface area contributed by atoms with Crippen LogP contribution >= 0.6 is 34.8 Å². The van der Waals surface area contributed by atoms with Crippen LogP contribution < -0.4 is 14.8 Å². The first kappa shape index (κ1) is 21.7. The summed E-state index contributed by atoms with van der Waals surface area (Å²) in [6.45, 7) is 0.0623. The van der Waals surface area contributed by atoms with Gasteiger partial charge in [-0.1, -0.05) is 40.9 Å². The molecular weight excluding hydrogens is 467 g/mol. The van der Waals surface area contributed by atoms with Crippen molar-refractivity contribution in [3.63, 3.8) is 0 Å². The Hall–Kier alpha value is -1.12. The number of likely N-dealkylation sites (tertiary alicyclic amines) is 1. The fraction of sp³-hybridized carbons (Fsp3) is 0.667. The molecule has 2 N–H and O–H groups in total. The number of benzene rings is 1. The molecule has 1 aromatic rings. The Balaban J connectivity index is 1.60. The van der Waals surface area contributed by atoms with Crippen LogP contribution in [0.25, 0.3) is 0 Å². The van der Waals surface area contributed by atoms with Crippen molar-refractivity contribution in [1.29, 1.82) is 0 Å². The van der Waals surface area contributed by atoms with E-state index in [9.17, 15) is 9.90 Å². The highest BCUT2D eigenvalue weighted by Gasteiger charge is 2.73. The number of piperidine rings is 1. The van der Waals surface area contributed by atoms with Crippen molar-refractivity contribution < 1.29 is 24.1 Å². The average Bonchev–Trinajstić information content (AvgIpc) is 3.06. The molecule has 5 atom stereocenters. The molecule has 1 amide bonds. The molecule has 0 radical (unpaired) electrons. The molecule has 1 spiro atoms. The van der Waals surface area contributed by atoms with Crippen LogP contribution in [0.1, 0.15) is 30.4 Å². The van der Waals surface area contributed by atoms with E-state index in [1.165, 1.54) is 0 Å². The number of hydrogen-bond donors (Lipinski definition) is 2. The van der Waals surface area contributed by atoms with E-state index < -0.39 is 26.9 Å². The lowest BCUT2D eigenvalue weighted by molar-refractivity contribution is -0.184. The van der Waals surface area contributed by atoms with Crippen LogP contribution in [0.3, 0.4) is 0 Å². The fourth-order valence-electron chi connectivity index (χ4n) is 6.44. The van der Waals surface area contributed by atoms with Gasteiger partial charge < -0.3 is 29.5 Å². The first-order chi connectivity index (χ1) is 14.7. The van der Waals surface area contributed by atoms with Crippen LogP contribution in [0, 0.1) is 0 Å². The van der Waals surface area contributed by atoms with E-state index in [1.54, 1.807) is 12.0 Å². The van der Waals surface area contributed by atoms with Crippen LogP contribution in [0.15, 0.2) is 12.1 Å². The number of rotatable bonds is 3. The summed E-state index contributed by atoms with van der Waals surface area (Å²) in [5, 5.41) is 15.6. The van der Waals surface area contributed by atoms with Crippen molar-refractivity contribution in [2.75, 3.05) is 27.3 Å². The highest BCUT2D eigenvalue weighted by molar-refractivity contribution is 6.67. The number of carbonyl (C=O) groups is 1. The first-order valence-electron chi connectivity index (χ1n) is 10.4. The smallest absolute Gasteiger partial charge is 0.410 e. The van der Waals surface area contributed by atoms with Gasteiger partial charge >= 0.3 is 6.09 Å². The fourth-order valence-corrected chi connectivity index (χ4v) is 6.60. The largest absolute Gasteiger partial charge is 0.493 e. The zero-order chi connectivity index (χ0) is 22.2. The SMILES string of the molecule is CN[C@@H]1CC[C@@]2(O)[C@H]3Cc4ccc(OC)c5c4[C@@]2(CCN3C(=O)OCC(Cl)(Cl)Cl)[C@H]1O5. The van der Waals surface area contributed by atoms with Gasteiger partial charge in [0.2, 0.25) is 3.79 Å². The quantitative estimate of drug-likeness (QED) is 0.633. The molecule has 2 aliphatic carbocycles. The average molecular weight is 492 g/mol. The highest BCUT2D eigenvalue weighted by atomic mass is 35.6. The van der Waals surface area contributed by atoms with Gasteiger partial charge in [0, 0.05) is 18.2 Å². The van der Waals surface area contributed by atoms with Crippen molar-refractivity contribution in [2.24, 2.45) is 0 Å². The molecular formula is C21H25Cl3N2O5. The summed E-state index contributed by atoms with van der Waals surface area (Å²) in [5.74, 6) is 1.39. The zero-order valence-corrected chi connectivity index (χ0v) is 19.6.